The standard InChI is InChI=1S/C29H23F3N6O4S/c1-3-34-28(41)37-24-12-18(26-36-23(15-43-26)29(30,31)32)20(13-35-24)16-5-6-22-19(11-16)25(39)21(27(40)42-4-2)14-38(22)17-7-9-33-10-8-17/h5-15H,3-4H2,1-2H3,(H2,34,35,37,41). The fourth-order valence-electron chi connectivity index (χ4n) is 4.35. The van der Waals surface area contributed by atoms with E-state index < -0.39 is 29.3 Å². The number of rotatable bonds is 7. The Kier molecular flexibility index (Phi) is 8.21. The van der Waals surface area contributed by atoms with Crippen LogP contribution in [0.2, 0.25) is 0 Å². The van der Waals surface area contributed by atoms with E-state index in [2.05, 4.69) is 25.6 Å². The van der Waals surface area contributed by atoms with E-state index in [4.69, 9.17) is 4.74 Å². The molecule has 14 heteroatoms. The first-order valence-electron chi connectivity index (χ1n) is 13.0. The number of carbonyl (C=O) groups excluding carboxylic acids is 2. The SMILES string of the molecule is CCNC(=O)Nc1cc(-c2nc(C(F)(F)F)cs2)c(-c2ccc3c(c2)c(=O)c(C(=O)OCC)cn3-c2ccncc2)cn1. The van der Waals surface area contributed by atoms with Crippen molar-refractivity contribution in [2.24, 2.45) is 0 Å². The summed E-state index contributed by atoms with van der Waals surface area (Å²) < 4.78 is 47.0. The average Bonchev–Trinajstić information content (AvgIpc) is 3.49. The molecule has 0 saturated carbocycles. The fraction of sp³-hybridized carbons (Fsp3) is 0.172. The molecule has 1 aromatic carbocycles. The minimum absolute atomic E-state index is 0.0262. The van der Waals surface area contributed by atoms with Crippen LogP contribution < -0.4 is 16.1 Å². The summed E-state index contributed by atoms with van der Waals surface area (Å²) in [5, 5.41) is 6.19. The smallest absolute Gasteiger partial charge is 0.434 e. The number of nitrogens with zero attached hydrogens (tertiary/aromatic N) is 4. The summed E-state index contributed by atoms with van der Waals surface area (Å²) in [5.41, 5.74) is 0.264. The second-order valence-electron chi connectivity index (χ2n) is 9.03. The average molecular weight is 609 g/mol. The van der Waals surface area contributed by atoms with Crippen molar-refractivity contribution in [3.05, 3.63) is 88.0 Å². The highest BCUT2D eigenvalue weighted by Gasteiger charge is 2.34. The van der Waals surface area contributed by atoms with Gasteiger partial charge in [0, 0.05) is 58.9 Å². The van der Waals surface area contributed by atoms with Gasteiger partial charge in [0.05, 0.1) is 12.1 Å². The number of anilines is 1. The number of urea groups is 1. The molecule has 0 aliphatic heterocycles. The molecule has 0 bridgehead atoms. The van der Waals surface area contributed by atoms with Gasteiger partial charge in [-0.3, -0.25) is 15.1 Å². The lowest BCUT2D eigenvalue weighted by atomic mass is 9.99. The van der Waals surface area contributed by atoms with Crippen molar-refractivity contribution < 1.29 is 27.5 Å². The lowest BCUT2D eigenvalue weighted by Gasteiger charge is -2.15. The number of nitrogens with one attached hydrogen (secondary N) is 2. The van der Waals surface area contributed by atoms with Gasteiger partial charge in [0.25, 0.3) is 0 Å². The maximum atomic E-state index is 13.6. The Morgan fingerprint density at radius 2 is 1.84 bits per heavy atom. The summed E-state index contributed by atoms with van der Waals surface area (Å²) in [5.74, 6) is -0.716. The molecule has 2 amide bonds. The predicted octanol–water partition coefficient (Wildman–Crippen LogP) is 5.91. The van der Waals surface area contributed by atoms with Crippen LogP contribution in [0.25, 0.3) is 38.3 Å². The van der Waals surface area contributed by atoms with Gasteiger partial charge in [0.15, 0.2) is 5.69 Å². The predicted molar refractivity (Wildman–Crippen MR) is 155 cm³/mol. The molecule has 0 spiro atoms. The molecule has 4 heterocycles. The van der Waals surface area contributed by atoms with Crippen LogP contribution in [0, 0.1) is 0 Å². The molecule has 43 heavy (non-hydrogen) atoms. The molecule has 0 aliphatic carbocycles. The number of benzene rings is 1. The Labute approximate surface area is 246 Å². The van der Waals surface area contributed by atoms with Gasteiger partial charge in [-0.15, -0.1) is 11.3 Å². The van der Waals surface area contributed by atoms with Crippen LogP contribution in [0.4, 0.5) is 23.8 Å². The number of carbonyl (C=O) groups is 2. The molecule has 0 radical (unpaired) electrons. The highest BCUT2D eigenvalue weighted by atomic mass is 32.1. The zero-order chi connectivity index (χ0) is 30.7. The number of fused-ring (bicyclic) bond motifs is 1. The third-order valence-electron chi connectivity index (χ3n) is 6.26. The van der Waals surface area contributed by atoms with Crippen LogP contribution in [0.15, 0.2) is 71.4 Å². The normalized spacial score (nSPS) is 11.4. The monoisotopic (exact) mass is 608 g/mol. The molecule has 5 aromatic rings. The van der Waals surface area contributed by atoms with Crippen LogP contribution in [0.5, 0.6) is 0 Å². The Hall–Kier alpha value is -5.11. The van der Waals surface area contributed by atoms with E-state index in [1.807, 2.05) is 0 Å². The first-order chi connectivity index (χ1) is 20.6. The highest BCUT2D eigenvalue weighted by molar-refractivity contribution is 7.13. The van der Waals surface area contributed by atoms with Crippen LogP contribution in [-0.2, 0) is 10.9 Å². The lowest BCUT2D eigenvalue weighted by Crippen LogP contribution is -2.28. The number of alkyl halides is 3. The molecule has 0 fully saturated rings. The van der Waals surface area contributed by atoms with Gasteiger partial charge in [0.1, 0.15) is 16.4 Å². The van der Waals surface area contributed by atoms with Gasteiger partial charge in [-0.1, -0.05) is 6.07 Å². The topological polar surface area (TPSA) is 128 Å². The minimum Gasteiger partial charge on any atom is -0.462 e. The highest BCUT2D eigenvalue weighted by Crippen LogP contribution is 2.39. The van der Waals surface area contributed by atoms with Crippen molar-refractivity contribution in [1.82, 2.24) is 24.8 Å². The van der Waals surface area contributed by atoms with Crippen molar-refractivity contribution in [3.63, 3.8) is 0 Å². The number of halogens is 3. The van der Waals surface area contributed by atoms with Crippen LogP contribution >= 0.6 is 11.3 Å². The molecule has 5 rings (SSSR count). The fourth-order valence-corrected chi connectivity index (χ4v) is 5.21. The summed E-state index contributed by atoms with van der Waals surface area (Å²) in [6.45, 7) is 3.76. The number of aromatic nitrogens is 4. The first kappa shape index (κ1) is 29.4. The summed E-state index contributed by atoms with van der Waals surface area (Å²) in [6.07, 6.45) is 1.25. The number of thiazole rings is 1. The van der Waals surface area contributed by atoms with Crippen molar-refractivity contribution in [1.29, 1.82) is 0 Å². The van der Waals surface area contributed by atoms with Crippen molar-refractivity contribution in [2.75, 3.05) is 18.5 Å². The maximum absolute atomic E-state index is 13.6. The summed E-state index contributed by atoms with van der Waals surface area (Å²) in [7, 11) is 0. The Morgan fingerprint density at radius 1 is 1.07 bits per heavy atom. The van der Waals surface area contributed by atoms with E-state index in [9.17, 15) is 27.6 Å². The summed E-state index contributed by atoms with van der Waals surface area (Å²) in [6, 6.07) is 9.16. The molecule has 4 aromatic heterocycles. The van der Waals surface area contributed by atoms with Crippen molar-refractivity contribution >= 4 is 40.1 Å². The Balaban J connectivity index is 1.72. The van der Waals surface area contributed by atoms with Crippen LogP contribution in [-0.4, -0.2) is 44.7 Å². The van der Waals surface area contributed by atoms with E-state index in [0.717, 1.165) is 16.7 Å². The number of pyridine rings is 3. The number of hydrogen-bond acceptors (Lipinski definition) is 8. The number of esters is 1. The van der Waals surface area contributed by atoms with Gasteiger partial charge in [0.2, 0.25) is 5.43 Å². The van der Waals surface area contributed by atoms with E-state index in [-0.39, 0.29) is 33.9 Å². The summed E-state index contributed by atoms with van der Waals surface area (Å²) in [4.78, 5) is 50.5. The van der Waals surface area contributed by atoms with Gasteiger partial charge >= 0.3 is 18.2 Å². The Bertz CT molecular complexity index is 1890. The molecule has 0 aliphatic rings. The molecule has 0 saturated heterocycles. The molecule has 0 unspecified atom stereocenters. The van der Waals surface area contributed by atoms with Gasteiger partial charge in [-0.2, -0.15) is 13.2 Å². The molecule has 0 atom stereocenters. The molecular weight excluding hydrogens is 585 g/mol. The van der Waals surface area contributed by atoms with Crippen LogP contribution in [0.1, 0.15) is 29.9 Å². The molecule has 220 valence electrons. The largest absolute Gasteiger partial charge is 0.462 e. The van der Waals surface area contributed by atoms with E-state index in [1.54, 1.807) is 55.1 Å². The Morgan fingerprint density at radius 3 is 2.51 bits per heavy atom. The third-order valence-corrected chi connectivity index (χ3v) is 7.13. The lowest BCUT2D eigenvalue weighted by molar-refractivity contribution is -0.140. The molecule has 10 nitrogen and oxygen atoms in total. The third kappa shape index (κ3) is 6.09. The zero-order valence-corrected chi connectivity index (χ0v) is 23.5. The van der Waals surface area contributed by atoms with E-state index >= 15 is 0 Å². The van der Waals surface area contributed by atoms with E-state index in [0.29, 0.717) is 28.9 Å². The summed E-state index contributed by atoms with van der Waals surface area (Å²) >= 11 is 0.774. The molecule has 2 N–H and O–H groups in total. The minimum atomic E-state index is -4.66. The van der Waals surface area contributed by atoms with Crippen LogP contribution in [0.3, 0.4) is 0 Å². The van der Waals surface area contributed by atoms with Gasteiger partial charge in [-0.05, 0) is 49.7 Å². The van der Waals surface area contributed by atoms with Crippen molar-refractivity contribution in [2.45, 2.75) is 20.0 Å². The number of hydrogen-bond donors (Lipinski definition) is 2. The second kappa shape index (κ2) is 12.0. The second-order valence-corrected chi connectivity index (χ2v) is 9.89. The van der Waals surface area contributed by atoms with Gasteiger partial charge in [-0.25, -0.2) is 19.6 Å². The zero-order valence-electron chi connectivity index (χ0n) is 22.7. The van der Waals surface area contributed by atoms with Gasteiger partial charge < -0.3 is 14.6 Å². The maximum Gasteiger partial charge on any atom is 0.434 e. The quantitative estimate of drug-likeness (QED) is 0.220. The molecular formula is C29H23F3N6O4S. The first-order valence-corrected chi connectivity index (χ1v) is 13.8. The number of amides is 2. The number of ether oxygens (including phenoxy) is 1. The van der Waals surface area contributed by atoms with Crippen molar-refractivity contribution in [3.8, 4) is 27.4 Å². The van der Waals surface area contributed by atoms with E-state index in [1.165, 1.54) is 24.5 Å².